The largest absolute Gasteiger partial charge is 0.488 e. The van der Waals surface area contributed by atoms with Crippen molar-refractivity contribution < 1.29 is 13.9 Å². The van der Waals surface area contributed by atoms with Crippen LogP contribution in [0, 0.1) is 34.4 Å². The lowest BCUT2D eigenvalue weighted by atomic mass is 9.93. The van der Waals surface area contributed by atoms with Gasteiger partial charge >= 0.3 is 0 Å². The van der Waals surface area contributed by atoms with Crippen molar-refractivity contribution in [2.75, 3.05) is 0 Å². The summed E-state index contributed by atoms with van der Waals surface area (Å²) in [6.45, 7) is 0.296. The normalized spacial score (nSPS) is 24.4. The van der Waals surface area contributed by atoms with Gasteiger partial charge in [0, 0.05) is 18.0 Å². The third-order valence-corrected chi connectivity index (χ3v) is 7.19. The van der Waals surface area contributed by atoms with Crippen LogP contribution in [0.1, 0.15) is 42.4 Å². The van der Waals surface area contributed by atoms with E-state index in [1.807, 2.05) is 11.0 Å². The Bertz CT molecular complexity index is 1180. The number of rotatable bonds is 4. The van der Waals surface area contributed by atoms with E-state index in [2.05, 4.69) is 12.1 Å². The molecular weight excluding hydrogens is 407 g/mol. The predicted molar refractivity (Wildman–Crippen MR) is 115 cm³/mol. The zero-order chi connectivity index (χ0) is 22.4. The van der Waals surface area contributed by atoms with Crippen molar-refractivity contribution in [3.05, 3.63) is 52.8 Å². The first-order valence-electron chi connectivity index (χ1n) is 10.9. The highest BCUT2D eigenvalue weighted by Crippen LogP contribution is 2.43. The van der Waals surface area contributed by atoms with Crippen molar-refractivity contribution in [2.45, 2.75) is 56.8 Å². The van der Waals surface area contributed by atoms with Crippen LogP contribution in [0.25, 0.3) is 11.1 Å². The van der Waals surface area contributed by atoms with Gasteiger partial charge in [0.25, 0.3) is 0 Å². The van der Waals surface area contributed by atoms with Crippen molar-refractivity contribution >= 4 is 5.91 Å². The Hall–Kier alpha value is -3.42. The Morgan fingerprint density at radius 1 is 1.25 bits per heavy atom. The van der Waals surface area contributed by atoms with Crippen LogP contribution in [0.3, 0.4) is 0 Å². The number of ether oxygens (including phenoxy) is 1. The van der Waals surface area contributed by atoms with Gasteiger partial charge < -0.3 is 10.5 Å². The summed E-state index contributed by atoms with van der Waals surface area (Å²) in [6, 6.07) is 11.8. The van der Waals surface area contributed by atoms with Crippen LogP contribution in [0.4, 0.5) is 4.39 Å². The molecule has 7 heteroatoms. The number of likely N-dealkylation sites (tertiary alicyclic amines) is 1. The molecule has 1 amide bonds. The van der Waals surface area contributed by atoms with Crippen LogP contribution in [-0.2, 0) is 17.8 Å². The molecule has 1 aliphatic carbocycles. The van der Waals surface area contributed by atoms with Gasteiger partial charge in [-0.1, -0.05) is 12.5 Å². The predicted octanol–water partition coefficient (Wildman–Crippen LogP) is 3.42. The molecule has 4 atom stereocenters. The average molecular weight is 430 g/mol. The average Bonchev–Trinajstić information content (AvgIpc) is 3.39. The monoisotopic (exact) mass is 430 g/mol. The first-order chi connectivity index (χ1) is 15.5. The molecule has 32 heavy (non-hydrogen) atoms. The SMILES string of the molecule is N#Cc1ccc2c(c1)COc1cc(C[C@@H](C#N)N3C(C(N)=O)CC4CCCC43)c(F)cc1-2. The zero-order valence-electron chi connectivity index (χ0n) is 17.6. The second-order valence-corrected chi connectivity index (χ2v) is 8.92. The summed E-state index contributed by atoms with van der Waals surface area (Å²) in [4.78, 5) is 14.0. The summed E-state index contributed by atoms with van der Waals surface area (Å²) in [5, 5.41) is 19.1. The number of halogens is 1. The van der Waals surface area contributed by atoms with Gasteiger partial charge in [-0.25, -0.2) is 4.39 Å². The van der Waals surface area contributed by atoms with Crippen LogP contribution >= 0.6 is 0 Å². The van der Waals surface area contributed by atoms with Gasteiger partial charge in [-0.3, -0.25) is 9.69 Å². The molecule has 6 nitrogen and oxygen atoms in total. The number of carbonyl (C=O) groups is 1. The lowest BCUT2D eigenvalue weighted by Gasteiger charge is -2.32. The highest BCUT2D eigenvalue weighted by Gasteiger charge is 2.48. The quantitative estimate of drug-likeness (QED) is 0.801. The molecule has 2 fully saturated rings. The minimum atomic E-state index is -0.637. The fourth-order valence-corrected chi connectivity index (χ4v) is 5.74. The van der Waals surface area contributed by atoms with E-state index in [1.54, 1.807) is 18.2 Å². The summed E-state index contributed by atoms with van der Waals surface area (Å²) in [6.07, 6.45) is 3.88. The fraction of sp³-hybridized carbons (Fsp3) is 0.400. The topological polar surface area (TPSA) is 103 Å². The standard InChI is InChI=1S/C25H23FN4O2/c26-21-10-20-19-5-4-14(11-27)6-17(19)13-32-24(20)9-16(21)7-18(12-28)30-22-3-1-2-15(22)8-23(30)25(29)31/h4-6,9-10,15,18,22-23H,1-3,7-8,13H2,(H2,29,31)/t15?,18-,22?,23?/m0/s1. The second kappa shape index (κ2) is 7.93. The van der Waals surface area contributed by atoms with Crippen LogP contribution < -0.4 is 10.5 Å². The van der Waals surface area contributed by atoms with E-state index < -0.39 is 23.8 Å². The molecule has 3 aliphatic rings. The van der Waals surface area contributed by atoms with E-state index in [1.165, 1.54) is 6.07 Å². The molecule has 0 bridgehead atoms. The molecule has 0 spiro atoms. The number of hydrogen-bond acceptors (Lipinski definition) is 5. The van der Waals surface area contributed by atoms with Crippen molar-refractivity contribution in [1.82, 2.24) is 4.90 Å². The number of benzene rings is 2. The highest BCUT2D eigenvalue weighted by atomic mass is 19.1. The molecular formula is C25H23FN4O2. The van der Waals surface area contributed by atoms with Crippen molar-refractivity contribution in [3.63, 3.8) is 0 Å². The molecule has 162 valence electrons. The van der Waals surface area contributed by atoms with Gasteiger partial charge in [-0.05, 0) is 66.1 Å². The second-order valence-electron chi connectivity index (χ2n) is 8.92. The molecule has 2 aliphatic heterocycles. The Balaban J connectivity index is 1.46. The summed E-state index contributed by atoms with van der Waals surface area (Å²) < 4.78 is 21.1. The van der Waals surface area contributed by atoms with E-state index in [0.717, 1.165) is 30.4 Å². The van der Waals surface area contributed by atoms with Gasteiger partial charge in [0.05, 0.1) is 23.7 Å². The number of primary amides is 1. The summed E-state index contributed by atoms with van der Waals surface area (Å²) >= 11 is 0. The molecule has 0 aromatic heterocycles. The maximum Gasteiger partial charge on any atom is 0.234 e. The number of nitriles is 2. The summed E-state index contributed by atoms with van der Waals surface area (Å²) in [5.41, 5.74) is 8.90. The van der Waals surface area contributed by atoms with Gasteiger partial charge in [-0.15, -0.1) is 0 Å². The van der Waals surface area contributed by atoms with Crippen LogP contribution in [0.5, 0.6) is 5.75 Å². The first-order valence-corrected chi connectivity index (χ1v) is 10.9. The maximum absolute atomic E-state index is 15.2. The minimum absolute atomic E-state index is 0.148. The van der Waals surface area contributed by atoms with Crippen molar-refractivity contribution in [2.24, 2.45) is 11.7 Å². The van der Waals surface area contributed by atoms with E-state index in [9.17, 15) is 10.1 Å². The van der Waals surface area contributed by atoms with Gasteiger partial charge in [0.2, 0.25) is 5.91 Å². The molecule has 0 radical (unpaired) electrons. The van der Waals surface area contributed by atoms with Crippen molar-refractivity contribution in [3.8, 4) is 29.0 Å². The Labute approximate surface area is 186 Å². The van der Waals surface area contributed by atoms with Crippen molar-refractivity contribution in [1.29, 1.82) is 10.5 Å². The van der Waals surface area contributed by atoms with Gasteiger partial charge in [-0.2, -0.15) is 10.5 Å². The molecule has 1 saturated carbocycles. The molecule has 2 aromatic rings. The number of hydrogen-bond donors (Lipinski definition) is 1. The van der Waals surface area contributed by atoms with E-state index in [-0.39, 0.29) is 12.5 Å². The minimum Gasteiger partial charge on any atom is -0.488 e. The number of amides is 1. The number of nitrogens with two attached hydrogens (primary N) is 1. The van der Waals surface area contributed by atoms with E-state index >= 15 is 4.39 Å². The smallest absolute Gasteiger partial charge is 0.234 e. The molecule has 2 aromatic carbocycles. The zero-order valence-corrected chi connectivity index (χ0v) is 17.6. The van der Waals surface area contributed by atoms with Crippen LogP contribution in [0.15, 0.2) is 30.3 Å². The molecule has 2 heterocycles. The first kappa shape index (κ1) is 20.5. The van der Waals surface area contributed by atoms with E-state index in [0.29, 0.717) is 41.4 Å². The Morgan fingerprint density at radius 3 is 2.84 bits per heavy atom. The lowest BCUT2D eigenvalue weighted by molar-refractivity contribution is -0.123. The van der Waals surface area contributed by atoms with Gasteiger partial charge in [0.15, 0.2) is 0 Å². The third kappa shape index (κ3) is 3.30. The Kier molecular flexibility index (Phi) is 5.07. The van der Waals surface area contributed by atoms with Crippen LogP contribution in [0.2, 0.25) is 0 Å². The summed E-state index contributed by atoms with van der Waals surface area (Å²) in [5.74, 6) is 0.0987. The number of carbonyl (C=O) groups excluding carboxylic acids is 1. The molecule has 3 unspecified atom stereocenters. The molecule has 2 N–H and O–H groups in total. The van der Waals surface area contributed by atoms with E-state index in [4.69, 9.17) is 15.7 Å². The van der Waals surface area contributed by atoms with Crippen LogP contribution in [-0.4, -0.2) is 28.9 Å². The van der Waals surface area contributed by atoms with Gasteiger partial charge in [0.1, 0.15) is 24.2 Å². The third-order valence-electron chi connectivity index (χ3n) is 7.19. The fourth-order valence-electron chi connectivity index (χ4n) is 5.74. The molecule has 1 saturated heterocycles. The molecule has 5 rings (SSSR count). The highest BCUT2D eigenvalue weighted by molar-refractivity contribution is 5.80. The number of fused-ring (bicyclic) bond motifs is 4. The summed E-state index contributed by atoms with van der Waals surface area (Å²) in [7, 11) is 0. The Morgan fingerprint density at radius 2 is 2.09 bits per heavy atom. The lowest BCUT2D eigenvalue weighted by Crippen LogP contribution is -2.49. The maximum atomic E-state index is 15.2. The number of nitrogens with zero attached hydrogens (tertiary/aromatic N) is 3.